The van der Waals surface area contributed by atoms with Crippen LogP contribution < -0.4 is 0 Å². The molecule has 0 spiro atoms. The number of aromatic nitrogens is 3. The molecule has 0 amide bonds. The molecule has 0 atom stereocenters. The number of phenols is 1. The van der Waals surface area contributed by atoms with E-state index in [0.29, 0.717) is 28.1 Å². The molecule has 0 bridgehead atoms. The number of hydrogen-bond donors (Lipinski definition) is 1. The highest BCUT2D eigenvalue weighted by molar-refractivity contribution is 5.98. The molecule has 0 radical (unpaired) electrons. The van der Waals surface area contributed by atoms with Crippen molar-refractivity contribution in [3.8, 4) is 89.7 Å². The Bertz CT molecular complexity index is 3220. The van der Waals surface area contributed by atoms with E-state index < -0.39 is 6.85 Å². The van der Waals surface area contributed by atoms with Crippen LogP contribution in [0.3, 0.4) is 0 Å². The van der Waals surface area contributed by atoms with Gasteiger partial charge in [-0.25, -0.2) is 4.98 Å². The fourth-order valence-corrected chi connectivity index (χ4v) is 7.94. The van der Waals surface area contributed by atoms with Crippen LogP contribution in [0.15, 0.2) is 212 Å². The second kappa shape index (κ2) is 15.3. The number of aromatic hydroxyl groups is 1. The Kier molecular flexibility index (Phi) is 8.35. The van der Waals surface area contributed by atoms with Crippen molar-refractivity contribution in [2.75, 3.05) is 0 Å². The normalized spacial score (nSPS) is 12.2. The summed E-state index contributed by atoms with van der Waals surface area (Å²) in [5.74, 6) is 0.464. The van der Waals surface area contributed by atoms with Crippen LogP contribution in [-0.2, 0) is 0 Å². The minimum absolute atomic E-state index is 0.0379. The molecule has 0 unspecified atom stereocenters. The molecule has 0 aliphatic rings. The van der Waals surface area contributed by atoms with Gasteiger partial charge in [-0.15, -0.1) is 0 Å². The molecule has 0 fully saturated rings. The van der Waals surface area contributed by atoms with Gasteiger partial charge in [-0.2, -0.15) is 0 Å². The summed E-state index contributed by atoms with van der Waals surface area (Å²) in [4.78, 5) is 10.2. The second-order valence-electron chi connectivity index (χ2n) is 14.6. The maximum Gasteiger partial charge on any atom is 0.149 e. The van der Waals surface area contributed by atoms with Gasteiger partial charge in [0.1, 0.15) is 11.6 Å². The fraction of sp³-hybridized carbons (Fsp3) is 0.0182. The van der Waals surface area contributed by atoms with Crippen LogP contribution in [0.4, 0.5) is 0 Å². The topological polar surface area (TPSA) is 50.9 Å². The SMILES string of the molecule is [2H]C([2H])([2H])c1cc(-c2ccccc2)ccc1-n1c(-c2ccccc2O)nc2c(-c3cc(-c4ccccc4)cc(-c4cc(-c5ccc(-c6ccccc6)cc5)ccn4)c3)cccc21. The Morgan fingerprint density at radius 3 is 1.68 bits per heavy atom. The van der Waals surface area contributed by atoms with Crippen molar-refractivity contribution < 1.29 is 9.22 Å². The zero-order chi connectivity index (χ0) is 42.2. The molecule has 2 aromatic heterocycles. The van der Waals surface area contributed by atoms with E-state index in [1.54, 1.807) is 18.2 Å². The van der Waals surface area contributed by atoms with Crippen LogP contribution in [0.5, 0.6) is 5.75 Å². The third-order valence-corrected chi connectivity index (χ3v) is 10.9. The summed E-state index contributed by atoms with van der Waals surface area (Å²) in [6, 6.07) is 68.2. The quantitative estimate of drug-likeness (QED) is 0.168. The number of pyridine rings is 1. The van der Waals surface area contributed by atoms with Crippen LogP contribution in [-0.4, -0.2) is 19.6 Å². The highest BCUT2D eigenvalue weighted by Crippen LogP contribution is 2.41. The van der Waals surface area contributed by atoms with E-state index in [9.17, 15) is 5.11 Å². The maximum absolute atomic E-state index is 11.3. The fourth-order valence-electron chi connectivity index (χ4n) is 7.94. The molecule has 2 heterocycles. The van der Waals surface area contributed by atoms with E-state index >= 15 is 0 Å². The minimum Gasteiger partial charge on any atom is -0.507 e. The molecule has 10 aromatic rings. The average Bonchev–Trinajstić information content (AvgIpc) is 3.71. The van der Waals surface area contributed by atoms with Gasteiger partial charge in [-0.1, -0.05) is 146 Å². The lowest BCUT2D eigenvalue weighted by Gasteiger charge is -2.15. The van der Waals surface area contributed by atoms with Crippen LogP contribution >= 0.6 is 0 Å². The molecule has 1 N–H and O–H groups in total. The number of benzene rings is 8. The molecule has 59 heavy (non-hydrogen) atoms. The Labute approximate surface area is 348 Å². The third-order valence-electron chi connectivity index (χ3n) is 10.9. The van der Waals surface area contributed by atoms with Gasteiger partial charge in [-0.05, 0) is 123 Å². The summed E-state index contributed by atoms with van der Waals surface area (Å²) in [5, 5.41) is 11.3. The second-order valence-corrected chi connectivity index (χ2v) is 14.6. The number of nitrogens with zero attached hydrogens (tertiary/aromatic N) is 3. The largest absolute Gasteiger partial charge is 0.507 e. The van der Waals surface area contributed by atoms with Gasteiger partial charge in [0.05, 0.1) is 28.0 Å². The van der Waals surface area contributed by atoms with Gasteiger partial charge in [0.2, 0.25) is 0 Å². The van der Waals surface area contributed by atoms with Crippen LogP contribution in [0, 0.1) is 6.85 Å². The van der Waals surface area contributed by atoms with Gasteiger partial charge >= 0.3 is 0 Å². The molecule has 4 nitrogen and oxygen atoms in total. The minimum atomic E-state index is -2.46. The standard InChI is InChI=1S/C55H39N3O/c1-37-32-43(39-16-7-3-8-17-39)28-29-51(37)58-52-22-13-21-48(54(52)57-55(58)49-20-11-12-23-53(49)59)46-33-45(40-18-9-4-10-19-40)34-47(35-46)50-36-44(30-31-56-50)42-26-24-41(25-27-42)38-14-5-2-6-15-38/h2-36,59H,1H3/i1D3. The van der Waals surface area contributed by atoms with Crippen LogP contribution in [0.2, 0.25) is 0 Å². The summed E-state index contributed by atoms with van der Waals surface area (Å²) in [7, 11) is 0. The van der Waals surface area contributed by atoms with Gasteiger partial charge < -0.3 is 5.11 Å². The van der Waals surface area contributed by atoms with E-state index in [1.807, 2.05) is 114 Å². The van der Waals surface area contributed by atoms with E-state index in [1.165, 1.54) is 5.56 Å². The molecule has 4 heteroatoms. The van der Waals surface area contributed by atoms with Gasteiger partial charge in [0, 0.05) is 21.4 Å². The van der Waals surface area contributed by atoms with E-state index in [4.69, 9.17) is 14.1 Å². The molecule has 0 saturated heterocycles. The van der Waals surface area contributed by atoms with Crippen LogP contribution in [0.25, 0.3) is 95.0 Å². The summed E-state index contributed by atoms with van der Waals surface area (Å²) < 4.78 is 28.1. The van der Waals surface area contributed by atoms with Gasteiger partial charge in [-0.3, -0.25) is 9.55 Å². The lowest BCUT2D eigenvalue weighted by molar-refractivity contribution is 0.477. The van der Waals surface area contributed by atoms with Crippen molar-refractivity contribution in [2.45, 2.75) is 6.85 Å². The number of hydrogen-bond acceptors (Lipinski definition) is 3. The number of rotatable bonds is 8. The Hall–Kier alpha value is -7.82. The van der Waals surface area contributed by atoms with Crippen molar-refractivity contribution in [3.05, 3.63) is 218 Å². The van der Waals surface area contributed by atoms with Crippen molar-refractivity contribution in [3.63, 3.8) is 0 Å². The lowest BCUT2D eigenvalue weighted by Crippen LogP contribution is -2.00. The highest BCUT2D eigenvalue weighted by atomic mass is 16.3. The summed E-state index contributed by atoms with van der Waals surface area (Å²) in [5.41, 5.74) is 14.2. The Morgan fingerprint density at radius 2 is 0.983 bits per heavy atom. The first-order valence-corrected chi connectivity index (χ1v) is 19.6. The molecule has 0 aliphatic carbocycles. The zero-order valence-electron chi connectivity index (χ0n) is 35.0. The molecule has 0 saturated carbocycles. The van der Waals surface area contributed by atoms with E-state index in [-0.39, 0.29) is 11.3 Å². The summed E-state index contributed by atoms with van der Waals surface area (Å²) in [6.45, 7) is -2.46. The predicted octanol–water partition coefficient (Wildman–Crippen LogP) is 14.1. The maximum atomic E-state index is 11.3. The first-order chi connectivity index (χ1) is 30.3. The smallest absolute Gasteiger partial charge is 0.149 e. The number of fused-ring (bicyclic) bond motifs is 1. The van der Waals surface area contributed by atoms with Gasteiger partial charge in [0.15, 0.2) is 0 Å². The van der Waals surface area contributed by atoms with Crippen LogP contribution in [0.1, 0.15) is 9.68 Å². The predicted molar refractivity (Wildman–Crippen MR) is 243 cm³/mol. The Balaban J connectivity index is 1.16. The molecule has 0 aliphatic heterocycles. The monoisotopic (exact) mass is 760 g/mol. The number of imidazole rings is 1. The Morgan fingerprint density at radius 1 is 0.441 bits per heavy atom. The summed E-state index contributed by atoms with van der Waals surface area (Å²) in [6.07, 6.45) is 1.86. The number of aryl methyl sites for hydroxylation is 1. The molecular formula is C55H39N3O. The molecule has 10 rings (SSSR count). The third kappa shape index (κ3) is 6.87. The number of phenolic OH excluding ortho intramolecular Hbond substituents is 1. The van der Waals surface area contributed by atoms with E-state index in [2.05, 4.69) is 84.9 Å². The van der Waals surface area contributed by atoms with E-state index in [0.717, 1.165) is 61.3 Å². The first kappa shape index (κ1) is 32.3. The van der Waals surface area contributed by atoms with Crippen molar-refractivity contribution in [2.24, 2.45) is 0 Å². The molecular weight excluding hydrogens is 719 g/mol. The van der Waals surface area contributed by atoms with Crippen molar-refractivity contribution in [1.82, 2.24) is 14.5 Å². The zero-order valence-corrected chi connectivity index (χ0v) is 32.0. The van der Waals surface area contributed by atoms with Crippen molar-refractivity contribution in [1.29, 1.82) is 0 Å². The highest BCUT2D eigenvalue weighted by Gasteiger charge is 2.21. The van der Waals surface area contributed by atoms with Crippen molar-refractivity contribution >= 4 is 11.0 Å². The van der Waals surface area contributed by atoms with Gasteiger partial charge in [0.25, 0.3) is 0 Å². The molecule has 280 valence electrons. The summed E-state index contributed by atoms with van der Waals surface area (Å²) >= 11 is 0. The average molecular weight is 761 g/mol. The first-order valence-electron chi connectivity index (χ1n) is 21.1. The molecule has 8 aromatic carbocycles. The number of para-hydroxylation sites is 2. The lowest BCUT2D eigenvalue weighted by atomic mass is 9.93.